The summed E-state index contributed by atoms with van der Waals surface area (Å²) in [7, 11) is 1.54. The Morgan fingerprint density at radius 3 is 2.94 bits per heavy atom. The summed E-state index contributed by atoms with van der Waals surface area (Å²) >= 11 is 0. The molecule has 1 atom stereocenters. The van der Waals surface area contributed by atoms with Crippen molar-refractivity contribution in [3.63, 3.8) is 0 Å². The molecule has 1 saturated heterocycles. The van der Waals surface area contributed by atoms with Crippen molar-refractivity contribution in [3.8, 4) is 12.3 Å². The number of carbonyl (C=O) groups is 2. The molecule has 2 amide bonds. The Bertz CT molecular complexity index is 323. The Balaban J connectivity index is 2.72. The highest BCUT2D eigenvalue weighted by Crippen LogP contribution is 2.09. The molecule has 0 saturated carbocycles. The van der Waals surface area contributed by atoms with Crippen LogP contribution in [-0.2, 0) is 9.53 Å². The van der Waals surface area contributed by atoms with Gasteiger partial charge in [0.25, 0.3) is 0 Å². The fourth-order valence-corrected chi connectivity index (χ4v) is 1.46. The van der Waals surface area contributed by atoms with Gasteiger partial charge < -0.3 is 19.6 Å². The molecule has 0 aromatic rings. The van der Waals surface area contributed by atoms with Gasteiger partial charge in [0.2, 0.25) is 0 Å². The van der Waals surface area contributed by atoms with Gasteiger partial charge in [-0.3, -0.25) is 0 Å². The molecule has 1 N–H and O–H groups in total. The lowest BCUT2D eigenvalue weighted by Gasteiger charge is -2.35. The Hall–Kier alpha value is -1.74. The topological polar surface area (TPSA) is 70.1 Å². The molecule has 1 fully saturated rings. The fraction of sp³-hybridized carbons (Fsp3) is 0.600. The van der Waals surface area contributed by atoms with Crippen molar-refractivity contribution in [1.29, 1.82) is 0 Å². The third-order valence-electron chi connectivity index (χ3n) is 2.31. The van der Waals surface area contributed by atoms with E-state index in [0.29, 0.717) is 6.61 Å². The maximum atomic E-state index is 11.8. The number of nitrogens with zero attached hydrogens (tertiary/aromatic N) is 2. The van der Waals surface area contributed by atoms with Crippen LogP contribution in [0, 0.1) is 12.3 Å². The molecule has 0 aliphatic carbocycles. The van der Waals surface area contributed by atoms with Crippen LogP contribution in [0.4, 0.5) is 4.79 Å². The Morgan fingerprint density at radius 1 is 1.69 bits per heavy atom. The Kier molecular flexibility index (Phi) is 4.14. The van der Waals surface area contributed by atoms with Crippen LogP contribution in [0.5, 0.6) is 0 Å². The average molecular weight is 226 g/mol. The quantitative estimate of drug-likeness (QED) is 0.642. The number of hydrogen-bond acceptors (Lipinski definition) is 3. The number of morpholine rings is 1. The summed E-state index contributed by atoms with van der Waals surface area (Å²) in [5, 5.41) is 8.94. The summed E-state index contributed by atoms with van der Waals surface area (Å²) < 4.78 is 5.03. The molecule has 1 rings (SSSR count). The van der Waals surface area contributed by atoms with Gasteiger partial charge in [0.15, 0.2) is 6.04 Å². The van der Waals surface area contributed by atoms with Gasteiger partial charge in [-0.15, -0.1) is 6.42 Å². The highest BCUT2D eigenvalue weighted by atomic mass is 16.5. The normalized spacial score (nSPS) is 20.0. The number of amides is 2. The van der Waals surface area contributed by atoms with Crippen molar-refractivity contribution in [2.45, 2.75) is 6.04 Å². The first kappa shape index (κ1) is 12.3. The van der Waals surface area contributed by atoms with E-state index in [2.05, 4.69) is 5.92 Å². The second-order valence-corrected chi connectivity index (χ2v) is 3.47. The standard InChI is InChI=1S/C10H14N2O4/c1-3-4-11(2)10(15)12-5-6-16-7-8(12)9(13)14/h1,8H,4-7H2,2H3,(H,13,14). The zero-order chi connectivity index (χ0) is 12.1. The number of rotatable bonds is 2. The largest absolute Gasteiger partial charge is 0.480 e. The number of hydrogen-bond donors (Lipinski definition) is 1. The van der Waals surface area contributed by atoms with E-state index in [4.69, 9.17) is 16.3 Å². The van der Waals surface area contributed by atoms with E-state index in [1.807, 2.05) is 0 Å². The maximum absolute atomic E-state index is 11.8. The number of carboxylic acid groups (broad SMARTS) is 1. The van der Waals surface area contributed by atoms with Crippen LogP contribution in [0.1, 0.15) is 0 Å². The lowest BCUT2D eigenvalue weighted by molar-refractivity contribution is -0.147. The van der Waals surface area contributed by atoms with Gasteiger partial charge >= 0.3 is 12.0 Å². The molecule has 1 aliphatic heterocycles. The smallest absolute Gasteiger partial charge is 0.328 e. The molecule has 16 heavy (non-hydrogen) atoms. The summed E-state index contributed by atoms with van der Waals surface area (Å²) in [6, 6.07) is -1.31. The van der Waals surface area contributed by atoms with Gasteiger partial charge in [0.05, 0.1) is 19.8 Å². The highest BCUT2D eigenvalue weighted by Gasteiger charge is 2.33. The predicted octanol–water partition coefficient (Wildman–Crippen LogP) is -0.543. The van der Waals surface area contributed by atoms with E-state index < -0.39 is 12.0 Å². The van der Waals surface area contributed by atoms with Crippen molar-refractivity contribution in [2.75, 3.05) is 33.4 Å². The third kappa shape index (κ3) is 2.64. The summed E-state index contributed by atoms with van der Waals surface area (Å²) in [5.74, 6) is 1.26. The highest BCUT2D eigenvalue weighted by molar-refractivity contribution is 5.83. The summed E-state index contributed by atoms with van der Waals surface area (Å²) in [6.07, 6.45) is 5.09. The Morgan fingerprint density at radius 2 is 2.38 bits per heavy atom. The average Bonchev–Trinajstić information content (AvgIpc) is 2.28. The van der Waals surface area contributed by atoms with Crippen molar-refractivity contribution < 1.29 is 19.4 Å². The van der Waals surface area contributed by atoms with E-state index >= 15 is 0 Å². The number of carbonyl (C=O) groups excluding carboxylic acids is 1. The van der Waals surface area contributed by atoms with Crippen LogP contribution >= 0.6 is 0 Å². The van der Waals surface area contributed by atoms with Gasteiger partial charge in [-0.05, 0) is 0 Å². The Labute approximate surface area is 93.8 Å². The van der Waals surface area contributed by atoms with Gasteiger partial charge in [-0.25, -0.2) is 9.59 Å². The van der Waals surface area contributed by atoms with Crippen LogP contribution in [0.15, 0.2) is 0 Å². The predicted molar refractivity (Wildman–Crippen MR) is 55.8 cm³/mol. The molecule has 0 aromatic heterocycles. The lowest BCUT2D eigenvalue weighted by atomic mass is 10.2. The molecule has 6 nitrogen and oxygen atoms in total. The van der Waals surface area contributed by atoms with E-state index in [1.165, 1.54) is 16.8 Å². The zero-order valence-corrected chi connectivity index (χ0v) is 9.05. The second kappa shape index (κ2) is 5.37. The summed E-state index contributed by atoms with van der Waals surface area (Å²) in [5.41, 5.74) is 0. The molecular formula is C10H14N2O4. The van der Waals surface area contributed by atoms with Gasteiger partial charge in [0, 0.05) is 13.6 Å². The first-order valence-corrected chi connectivity index (χ1v) is 4.83. The molecule has 88 valence electrons. The van der Waals surface area contributed by atoms with Gasteiger partial charge in [0.1, 0.15) is 0 Å². The molecule has 0 radical (unpaired) electrons. The minimum Gasteiger partial charge on any atom is -0.480 e. The summed E-state index contributed by atoms with van der Waals surface area (Å²) in [6.45, 7) is 0.789. The number of aliphatic carboxylic acids is 1. The zero-order valence-electron chi connectivity index (χ0n) is 9.05. The summed E-state index contributed by atoms with van der Waals surface area (Å²) in [4.78, 5) is 25.3. The van der Waals surface area contributed by atoms with Crippen molar-refractivity contribution >= 4 is 12.0 Å². The molecule has 1 unspecified atom stereocenters. The fourth-order valence-electron chi connectivity index (χ4n) is 1.46. The van der Waals surface area contributed by atoms with E-state index in [9.17, 15) is 9.59 Å². The van der Waals surface area contributed by atoms with E-state index in [0.717, 1.165) is 0 Å². The molecule has 0 aromatic carbocycles. The third-order valence-corrected chi connectivity index (χ3v) is 2.31. The van der Waals surface area contributed by atoms with Crippen LogP contribution < -0.4 is 0 Å². The van der Waals surface area contributed by atoms with Crippen molar-refractivity contribution in [2.24, 2.45) is 0 Å². The number of carboxylic acids is 1. The van der Waals surface area contributed by atoms with Gasteiger partial charge in [-0.1, -0.05) is 5.92 Å². The van der Waals surface area contributed by atoms with Crippen molar-refractivity contribution in [1.82, 2.24) is 9.80 Å². The minimum atomic E-state index is -1.07. The van der Waals surface area contributed by atoms with Crippen molar-refractivity contribution in [3.05, 3.63) is 0 Å². The molecule has 0 spiro atoms. The lowest BCUT2D eigenvalue weighted by Crippen LogP contribution is -2.55. The second-order valence-electron chi connectivity index (χ2n) is 3.47. The number of terminal acetylenes is 1. The number of urea groups is 1. The number of ether oxygens (including phenoxy) is 1. The first-order chi connectivity index (χ1) is 7.57. The van der Waals surface area contributed by atoms with Crippen LogP contribution in [0.3, 0.4) is 0 Å². The molecule has 0 bridgehead atoms. The minimum absolute atomic E-state index is 0.0188. The SMILES string of the molecule is C#CCN(C)C(=O)N1CCOCC1C(=O)O. The van der Waals surface area contributed by atoms with E-state index in [-0.39, 0.29) is 25.7 Å². The monoisotopic (exact) mass is 226 g/mol. The molecular weight excluding hydrogens is 212 g/mol. The van der Waals surface area contributed by atoms with Crippen LogP contribution in [-0.4, -0.2) is 66.3 Å². The maximum Gasteiger partial charge on any atom is 0.328 e. The molecule has 6 heteroatoms. The van der Waals surface area contributed by atoms with Crippen LogP contribution in [0.25, 0.3) is 0 Å². The van der Waals surface area contributed by atoms with Crippen LogP contribution in [0.2, 0.25) is 0 Å². The first-order valence-electron chi connectivity index (χ1n) is 4.83. The molecule has 1 aliphatic rings. The van der Waals surface area contributed by atoms with Gasteiger partial charge in [-0.2, -0.15) is 0 Å². The van der Waals surface area contributed by atoms with E-state index in [1.54, 1.807) is 0 Å². The molecule has 1 heterocycles.